The molecule has 1 aromatic heterocycles. The molecule has 1 aliphatic rings. The van der Waals surface area contributed by atoms with Crippen LogP contribution in [0.5, 0.6) is 0 Å². The quantitative estimate of drug-likeness (QED) is 0.306. The first kappa shape index (κ1) is 16.5. The normalized spacial score (nSPS) is 22.3. The molecule has 2 atom stereocenters. The monoisotopic (exact) mass is 506 g/mol. The largest absolute Gasteiger partial charge is 0.419 e. The summed E-state index contributed by atoms with van der Waals surface area (Å²) < 4.78 is 85.3. The van der Waals surface area contributed by atoms with E-state index in [9.17, 15) is 6.17 Å². The summed E-state index contributed by atoms with van der Waals surface area (Å²) in [5.74, 6) is -0.579. The number of oxazole rings is 1. The third-order valence-electron chi connectivity index (χ3n) is 8.20. The molecule has 0 N–H and O–H groups in total. The Morgan fingerprint density at radius 1 is 1.03 bits per heavy atom. The molecule has 0 saturated carbocycles. The van der Waals surface area contributed by atoms with Crippen molar-refractivity contribution in [2.75, 3.05) is 18.0 Å². The second kappa shape index (κ2) is 9.21. The fraction of sp³-hybridized carbons (Fsp3) is 0.406. The number of rotatable bonds is 4. The number of anilines is 1. The second-order valence-electron chi connectivity index (χ2n) is 10.5. The van der Waals surface area contributed by atoms with Crippen LogP contribution >= 0.6 is 0 Å². The minimum Gasteiger partial charge on any atom is -0.405 e. The van der Waals surface area contributed by atoms with Crippen LogP contribution in [-0.4, -0.2) is 34.1 Å². The van der Waals surface area contributed by atoms with Crippen LogP contribution in [0, 0.1) is 20.8 Å². The van der Waals surface area contributed by atoms with Crippen LogP contribution in [0.2, 0.25) is 0 Å². The van der Waals surface area contributed by atoms with Gasteiger partial charge in [-0.05, 0) is 93.9 Å². The van der Waals surface area contributed by atoms with E-state index in [1.54, 1.807) is 27.8 Å². The predicted octanol–water partition coefficient (Wildman–Crippen LogP) is 6.77. The van der Waals surface area contributed by atoms with E-state index < -0.39 is 17.3 Å². The van der Waals surface area contributed by atoms with Crippen molar-refractivity contribution >= 4 is 16.8 Å². The number of aromatic nitrogens is 1. The van der Waals surface area contributed by atoms with Crippen molar-refractivity contribution in [3.05, 3.63) is 87.2 Å². The van der Waals surface area contributed by atoms with E-state index in [1.165, 1.54) is 4.57 Å². The molecule has 1 aliphatic heterocycles. The summed E-state index contributed by atoms with van der Waals surface area (Å²) in [6, 6.07) is -2.72. The molecule has 5 nitrogen and oxygen atoms in total. The van der Waals surface area contributed by atoms with Crippen molar-refractivity contribution in [1.82, 2.24) is 9.47 Å². The number of hydrogen-bond acceptors (Lipinski definition) is 4. The fourth-order valence-electron chi connectivity index (χ4n) is 5.42. The molecule has 1 fully saturated rings. The first-order valence-electron chi connectivity index (χ1n) is 17.1. The minimum atomic E-state index is -0.705. The van der Waals surface area contributed by atoms with Crippen molar-refractivity contribution in [3.8, 4) is 11.1 Å². The zero-order valence-electron chi connectivity index (χ0n) is 31.7. The average Bonchev–Trinajstić information content (AvgIpc) is 3.30. The van der Waals surface area contributed by atoms with Gasteiger partial charge in [-0.2, -0.15) is 0 Å². The van der Waals surface area contributed by atoms with E-state index in [4.69, 9.17) is 15.4 Å². The Labute approximate surface area is 233 Å². The van der Waals surface area contributed by atoms with Crippen molar-refractivity contribution < 1.29 is 16.8 Å². The third kappa shape index (κ3) is 4.10. The number of hydrogen-bond donors (Lipinski definition) is 0. The van der Waals surface area contributed by atoms with Crippen LogP contribution in [0.4, 0.5) is 5.69 Å². The van der Waals surface area contributed by atoms with Gasteiger partial charge in [-0.25, -0.2) is 4.79 Å². The molecule has 0 bridgehead atoms. The standard InChI is InChI=1S/C32H39N3O2/c1-20-11-9-14-27(22(20)3)26-13-10-12-25(19-26)23(4)34-17-18-35(32(6,7)24(34)5)28-16-15-21(2)29-30(28)37-31(36)33(29)8/h9-16,19,23-24H,17-18H2,1-8H3/i9D,10D,11D,12D,13D,14D,15D,16D,19D. The van der Waals surface area contributed by atoms with E-state index in [2.05, 4.69) is 4.90 Å². The summed E-state index contributed by atoms with van der Waals surface area (Å²) >= 11 is 0. The second-order valence-corrected chi connectivity index (χ2v) is 10.5. The molecule has 5 rings (SSSR count). The minimum absolute atomic E-state index is 0.00964. The van der Waals surface area contributed by atoms with Crippen LogP contribution in [-0.2, 0) is 7.05 Å². The molecule has 0 amide bonds. The van der Waals surface area contributed by atoms with Crippen molar-refractivity contribution in [1.29, 1.82) is 0 Å². The summed E-state index contributed by atoms with van der Waals surface area (Å²) in [6.07, 6.45) is 0. The van der Waals surface area contributed by atoms with E-state index in [0.717, 1.165) is 0 Å². The van der Waals surface area contributed by atoms with E-state index in [0.29, 0.717) is 41.0 Å². The summed E-state index contributed by atoms with van der Waals surface area (Å²) in [6.45, 7) is 13.6. The molecule has 2 unspecified atom stereocenters. The number of piperazine rings is 1. The fourth-order valence-corrected chi connectivity index (χ4v) is 5.42. The highest BCUT2D eigenvalue weighted by atomic mass is 16.4. The zero-order chi connectivity index (χ0) is 34.5. The van der Waals surface area contributed by atoms with Gasteiger partial charge in [0.05, 0.1) is 23.5 Å². The number of nitrogens with zero attached hydrogens (tertiary/aromatic N) is 3. The molecule has 1 saturated heterocycles. The van der Waals surface area contributed by atoms with Crippen LogP contribution < -0.4 is 10.7 Å². The molecule has 2 heterocycles. The lowest BCUT2D eigenvalue weighted by Crippen LogP contribution is -2.65. The Balaban J connectivity index is 1.64. The highest BCUT2D eigenvalue weighted by Crippen LogP contribution is 2.40. The van der Waals surface area contributed by atoms with E-state index in [-0.39, 0.29) is 82.7 Å². The van der Waals surface area contributed by atoms with E-state index in [1.807, 2.05) is 32.6 Å². The molecular formula is C32H39N3O2. The Morgan fingerprint density at radius 2 is 1.76 bits per heavy atom. The summed E-state index contributed by atoms with van der Waals surface area (Å²) in [4.78, 5) is 16.7. The third-order valence-corrected chi connectivity index (χ3v) is 8.20. The molecule has 0 aliphatic carbocycles. The molecular weight excluding hydrogens is 458 g/mol. The van der Waals surface area contributed by atoms with Gasteiger partial charge in [0.15, 0.2) is 5.58 Å². The molecule has 4 aromatic rings. The van der Waals surface area contributed by atoms with Crippen molar-refractivity contribution in [2.24, 2.45) is 7.05 Å². The maximum atomic E-state index is 12.6. The predicted molar refractivity (Wildman–Crippen MR) is 154 cm³/mol. The van der Waals surface area contributed by atoms with Gasteiger partial charge in [-0.15, -0.1) is 0 Å². The molecule has 0 spiro atoms. The SMILES string of the molecule is [2H]c1c([2H])c(C)c(C)c(-c2c([2H])c([2H])c([2H])c(C(C)N3CCN(c4c([2H])c([2H])c(C)c5c4oc(=O)n5C)C(C)(C)C3C)c2[2H])c1[2H]. The van der Waals surface area contributed by atoms with Gasteiger partial charge in [-0.1, -0.05) is 42.3 Å². The van der Waals surface area contributed by atoms with Gasteiger partial charge in [-0.3, -0.25) is 9.47 Å². The highest BCUT2D eigenvalue weighted by Gasteiger charge is 2.43. The number of fused-ring (bicyclic) bond motifs is 1. The lowest BCUT2D eigenvalue weighted by Gasteiger charge is -2.54. The Kier molecular flexibility index (Phi) is 4.11. The van der Waals surface area contributed by atoms with Crippen LogP contribution in [0.25, 0.3) is 22.2 Å². The molecule has 37 heavy (non-hydrogen) atoms. The summed E-state index contributed by atoms with van der Waals surface area (Å²) in [5, 5.41) is 0. The summed E-state index contributed by atoms with van der Waals surface area (Å²) in [5.41, 5.74) is 2.22. The van der Waals surface area contributed by atoms with Gasteiger partial charge in [0.2, 0.25) is 0 Å². The lowest BCUT2D eigenvalue weighted by molar-refractivity contribution is 0.0747. The molecule has 5 heteroatoms. The van der Waals surface area contributed by atoms with Crippen molar-refractivity contribution in [3.63, 3.8) is 0 Å². The van der Waals surface area contributed by atoms with Crippen LogP contribution in [0.3, 0.4) is 0 Å². The van der Waals surface area contributed by atoms with Crippen LogP contribution in [0.1, 0.15) is 68.3 Å². The Hall–Kier alpha value is -3.31. The smallest absolute Gasteiger partial charge is 0.405 e. The molecule has 0 radical (unpaired) electrons. The van der Waals surface area contributed by atoms with Gasteiger partial charge in [0.1, 0.15) is 0 Å². The molecule has 194 valence electrons. The zero-order valence-corrected chi connectivity index (χ0v) is 22.7. The van der Waals surface area contributed by atoms with E-state index >= 15 is 0 Å². The maximum absolute atomic E-state index is 12.6. The maximum Gasteiger partial charge on any atom is 0.419 e. The Morgan fingerprint density at radius 3 is 2.51 bits per heavy atom. The summed E-state index contributed by atoms with van der Waals surface area (Å²) in [7, 11) is 1.58. The van der Waals surface area contributed by atoms with Crippen LogP contribution in [0.15, 0.2) is 63.6 Å². The lowest BCUT2D eigenvalue weighted by atomic mass is 9.86. The number of aryl methyl sites for hydroxylation is 2. The number of benzene rings is 3. The first-order chi connectivity index (χ1) is 21.3. The average molecular weight is 507 g/mol. The van der Waals surface area contributed by atoms with Gasteiger partial charge in [0, 0.05) is 37.8 Å². The Bertz CT molecular complexity index is 1970. The molecule has 3 aromatic carbocycles. The first-order valence-corrected chi connectivity index (χ1v) is 12.6. The van der Waals surface area contributed by atoms with Gasteiger partial charge in [0.25, 0.3) is 0 Å². The van der Waals surface area contributed by atoms with Gasteiger partial charge < -0.3 is 9.32 Å². The van der Waals surface area contributed by atoms with Crippen molar-refractivity contribution in [2.45, 2.75) is 66.1 Å². The van der Waals surface area contributed by atoms with Gasteiger partial charge >= 0.3 is 5.76 Å². The topological polar surface area (TPSA) is 41.6 Å². The highest BCUT2D eigenvalue weighted by molar-refractivity contribution is 5.90.